The van der Waals surface area contributed by atoms with Gasteiger partial charge < -0.3 is 16.2 Å². The summed E-state index contributed by atoms with van der Waals surface area (Å²) in [4.78, 5) is 20.0. The number of fused-ring (bicyclic) bond motifs is 1. The summed E-state index contributed by atoms with van der Waals surface area (Å²) in [6, 6.07) is 9.33. The smallest absolute Gasteiger partial charge is 0.280 e. The molecule has 24 heavy (non-hydrogen) atoms. The lowest BCUT2D eigenvalue weighted by atomic mass is 9.86. The molecule has 1 amide bonds. The van der Waals surface area contributed by atoms with Gasteiger partial charge in [-0.05, 0) is 53.8 Å². The molecule has 0 saturated heterocycles. The number of allylic oxidation sites excluding steroid dienone is 1. The first-order valence-electron chi connectivity index (χ1n) is 7.57. The van der Waals surface area contributed by atoms with Gasteiger partial charge in [0.15, 0.2) is 5.96 Å². The monoisotopic (exact) mass is 322 g/mol. The number of hydrogen-bond donors (Lipinski definition) is 2. The average molecular weight is 322 g/mol. The largest absolute Gasteiger partial charge is 0.481 e. The number of ether oxygens (including phenoxy) is 1. The van der Waals surface area contributed by atoms with Crippen LogP contribution < -0.4 is 16.2 Å². The summed E-state index contributed by atoms with van der Waals surface area (Å²) >= 11 is 0. The number of rotatable bonds is 3. The number of pyridine rings is 1. The third kappa shape index (κ3) is 2.99. The van der Waals surface area contributed by atoms with Gasteiger partial charge in [0.05, 0.1) is 7.11 Å². The van der Waals surface area contributed by atoms with Crippen LogP contribution in [-0.2, 0) is 6.42 Å². The molecular weight excluding hydrogens is 304 g/mol. The number of aromatic nitrogens is 1. The maximum absolute atomic E-state index is 12.1. The number of aryl methyl sites for hydroxylation is 1. The highest BCUT2D eigenvalue weighted by molar-refractivity contribution is 6.02. The molecule has 0 unspecified atom stereocenters. The van der Waals surface area contributed by atoms with Crippen molar-refractivity contribution in [3.63, 3.8) is 0 Å². The maximum atomic E-state index is 12.1. The molecule has 4 N–H and O–H groups in total. The van der Waals surface area contributed by atoms with Gasteiger partial charge >= 0.3 is 0 Å². The van der Waals surface area contributed by atoms with E-state index in [0.29, 0.717) is 11.4 Å². The lowest BCUT2D eigenvalue weighted by molar-refractivity contribution is 0.100. The second-order valence-corrected chi connectivity index (χ2v) is 5.43. The van der Waals surface area contributed by atoms with Gasteiger partial charge in [0, 0.05) is 17.3 Å². The molecule has 6 heteroatoms. The summed E-state index contributed by atoms with van der Waals surface area (Å²) in [7, 11) is 1.59. The zero-order valence-electron chi connectivity index (χ0n) is 13.3. The Morgan fingerprint density at radius 1 is 1.25 bits per heavy atom. The SMILES string of the molecule is COc1ncccc1C1=CCCc2ccc(C(=O)N=C(N)N)cc21. The van der Waals surface area contributed by atoms with Crippen LogP contribution in [0.5, 0.6) is 5.88 Å². The van der Waals surface area contributed by atoms with Crippen LogP contribution >= 0.6 is 0 Å². The fourth-order valence-corrected chi connectivity index (χ4v) is 2.86. The van der Waals surface area contributed by atoms with Gasteiger partial charge in [-0.2, -0.15) is 4.99 Å². The number of nitrogens with zero attached hydrogens (tertiary/aromatic N) is 2. The molecule has 0 aliphatic heterocycles. The normalized spacial score (nSPS) is 12.8. The highest BCUT2D eigenvalue weighted by Gasteiger charge is 2.19. The fraction of sp³-hybridized carbons (Fsp3) is 0.167. The van der Waals surface area contributed by atoms with E-state index >= 15 is 0 Å². The summed E-state index contributed by atoms with van der Waals surface area (Å²) in [5, 5.41) is 0. The summed E-state index contributed by atoms with van der Waals surface area (Å²) in [6.07, 6.45) is 5.65. The molecule has 0 atom stereocenters. The Morgan fingerprint density at radius 3 is 2.83 bits per heavy atom. The van der Waals surface area contributed by atoms with Crippen LogP contribution in [0.4, 0.5) is 0 Å². The van der Waals surface area contributed by atoms with Crippen molar-refractivity contribution < 1.29 is 9.53 Å². The Labute approximate surface area is 139 Å². The van der Waals surface area contributed by atoms with Crippen molar-refractivity contribution >= 4 is 17.4 Å². The maximum Gasteiger partial charge on any atom is 0.280 e. The predicted molar refractivity (Wildman–Crippen MR) is 92.8 cm³/mol. The molecule has 1 aliphatic carbocycles. The quantitative estimate of drug-likeness (QED) is 0.663. The van der Waals surface area contributed by atoms with E-state index in [1.54, 1.807) is 19.4 Å². The number of guanidine groups is 1. The number of benzene rings is 1. The molecule has 1 aliphatic rings. The van der Waals surface area contributed by atoms with Gasteiger partial charge in [0.2, 0.25) is 5.88 Å². The summed E-state index contributed by atoms with van der Waals surface area (Å²) in [6.45, 7) is 0. The molecule has 6 nitrogen and oxygen atoms in total. The van der Waals surface area contributed by atoms with E-state index in [2.05, 4.69) is 16.1 Å². The summed E-state index contributed by atoms with van der Waals surface area (Å²) in [5.74, 6) is -0.152. The average Bonchev–Trinajstić information content (AvgIpc) is 2.60. The third-order valence-electron chi connectivity index (χ3n) is 3.89. The molecule has 0 bridgehead atoms. The molecule has 1 aromatic carbocycles. The summed E-state index contributed by atoms with van der Waals surface area (Å²) < 4.78 is 5.37. The summed E-state index contributed by atoms with van der Waals surface area (Å²) in [5.41, 5.74) is 15.1. The van der Waals surface area contributed by atoms with E-state index in [9.17, 15) is 4.79 Å². The van der Waals surface area contributed by atoms with Gasteiger partial charge in [-0.25, -0.2) is 4.98 Å². The van der Waals surface area contributed by atoms with Crippen molar-refractivity contribution in [2.75, 3.05) is 7.11 Å². The van der Waals surface area contributed by atoms with Gasteiger partial charge in [-0.3, -0.25) is 4.79 Å². The van der Waals surface area contributed by atoms with Crippen LogP contribution in [0.15, 0.2) is 47.6 Å². The molecular formula is C18H18N4O2. The first-order valence-corrected chi connectivity index (χ1v) is 7.57. The Morgan fingerprint density at radius 2 is 2.08 bits per heavy atom. The highest BCUT2D eigenvalue weighted by Crippen LogP contribution is 2.35. The number of carbonyl (C=O) groups excluding carboxylic acids is 1. The van der Waals surface area contributed by atoms with Gasteiger partial charge in [0.1, 0.15) is 0 Å². The number of carbonyl (C=O) groups is 1. The van der Waals surface area contributed by atoms with E-state index in [-0.39, 0.29) is 5.96 Å². The molecule has 0 spiro atoms. The highest BCUT2D eigenvalue weighted by atomic mass is 16.5. The molecule has 3 rings (SSSR count). The minimum Gasteiger partial charge on any atom is -0.481 e. The lowest BCUT2D eigenvalue weighted by Gasteiger charge is -2.20. The lowest BCUT2D eigenvalue weighted by Crippen LogP contribution is -2.24. The Hall–Kier alpha value is -3.15. The number of hydrogen-bond acceptors (Lipinski definition) is 3. The van der Waals surface area contributed by atoms with Crippen LogP contribution in [0, 0.1) is 0 Å². The minimum absolute atomic E-state index is 0.248. The molecule has 1 heterocycles. The van der Waals surface area contributed by atoms with E-state index in [1.165, 1.54) is 5.56 Å². The third-order valence-corrected chi connectivity index (χ3v) is 3.89. The van der Waals surface area contributed by atoms with Gasteiger partial charge in [0.25, 0.3) is 5.91 Å². The van der Waals surface area contributed by atoms with Crippen molar-refractivity contribution in [1.82, 2.24) is 4.98 Å². The number of methoxy groups -OCH3 is 1. The second-order valence-electron chi connectivity index (χ2n) is 5.43. The number of amides is 1. The van der Waals surface area contributed by atoms with Crippen molar-refractivity contribution in [3.8, 4) is 5.88 Å². The van der Waals surface area contributed by atoms with Crippen molar-refractivity contribution in [2.24, 2.45) is 16.5 Å². The van der Waals surface area contributed by atoms with E-state index in [0.717, 1.165) is 29.5 Å². The van der Waals surface area contributed by atoms with Crippen LogP contribution in [-0.4, -0.2) is 24.0 Å². The topological polar surface area (TPSA) is 104 Å². The van der Waals surface area contributed by atoms with Crippen LogP contribution in [0.25, 0.3) is 5.57 Å². The number of aliphatic imine (C=N–C) groups is 1. The van der Waals surface area contributed by atoms with Crippen LogP contribution in [0.1, 0.15) is 33.5 Å². The molecule has 0 saturated carbocycles. The minimum atomic E-state index is -0.458. The van der Waals surface area contributed by atoms with E-state index in [4.69, 9.17) is 16.2 Å². The molecule has 0 radical (unpaired) electrons. The van der Waals surface area contributed by atoms with Gasteiger partial charge in [-0.15, -0.1) is 0 Å². The zero-order valence-corrected chi connectivity index (χ0v) is 13.3. The predicted octanol–water partition coefficient (Wildman–Crippen LogP) is 1.88. The molecule has 0 fully saturated rings. The van der Waals surface area contributed by atoms with E-state index < -0.39 is 5.91 Å². The van der Waals surface area contributed by atoms with Crippen molar-refractivity contribution in [2.45, 2.75) is 12.8 Å². The number of nitrogens with two attached hydrogens (primary N) is 2. The fourth-order valence-electron chi connectivity index (χ4n) is 2.86. The molecule has 2 aromatic rings. The Balaban J connectivity index is 2.09. The molecule has 1 aromatic heterocycles. The first kappa shape index (κ1) is 15.7. The zero-order chi connectivity index (χ0) is 17.1. The van der Waals surface area contributed by atoms with E-state index in [1.807, 2.05) is 24.3 Å². The first-order chi connectivity index (χ1) is 11.6. The van der Waals surface area contributed by atoms with Crippen LogP contribution in [0.3, 0.4) is 0 Å². The van der Waals surface area contributed by atoms with Crippen LogP contribution in [0.2, 0.25) is 0 Å². The second kappa shape index (κ2) is 6.54. The Bertz CT molecular complexity index is 852. The Kier molecular flexibility index (Phi) is 4.29. The van der Waals surface area contributed by atoms with Crippen molar-refractivity contribution in [1.29, 1.82) is 0 Å². The molecule has 122 valence electrons. The standard InChI is InChI=1S/C18H18N4O2/c1-24-17-14(6-3-9-21-17)13-5-2-4-11-7-8-12(10-15(11)13)16(23)22-18(19)20/h3,5-10H,2,4H2,1H3,(H4,19,20,22,23). The van der Waals surface area contributed by atoms with Gasteiger partial charge in [-0.1, -0.05) is 12.1 Å². The van der Waals surface area contributed by atoms with Crippen molar-refractivity contribution in [3.05, 3.63) is 64.9 Å².